The summed E-state index contributed by atoms with van der Waals surface area (Å²) in [5, 5.41) is 2.83. The van der Waals surface area contributed by atoms with Gasteiger partial charge in [0.1, 0.15) is 13.2 Å². The van der Waals surface area contributed by atoms with Crippen LogP contribution in [0.15, 0.2) is 79.0 Å². The summed E-state index contributed by atoms with van der Waals surface area (Å²) >= 11 is 0. The van der Waals surface area contributed by atoms with E-state index in [2.05, 4.69) is 5.32 Å². The van der Waals surface area contributed by atoms with Crippen LogP contribution < -0.4 is 15.8 Å². The number of nitrogens with two attached hydrogens (primary N) is 1. The number of rotatable bonds is 10. The summed E-state index contributed by atoms with van der Waals surface area (Å²) in [6.07, 6.45) is 3.33. The fourth-order valence-electron chi connectivity index (χ4n) is 4.27. The van der Waals surface area contributed by atoms with Gasteiger partial charge in [-0.3, -0.25) is 4.79 Å². The Hall–Kier alpha value is -4.42. The number of ether oxygens (including phenoxy) is 2. The minimum Gasteiger partial charge on any atom is -0.456 e. The highest BCUT2D eigenvalue weighted by atomic mass is 32.2. The molecule has 1 heterocycles. The van der Waals surface area contributed by atoms with Crippen molar-refractivity contribution in [3.8, 4) is 0 Å². The molecule has 1 aliphatic rings. The average Bonchev–Trinajstić information content (AvgIpc) is 3.43. The van der Waals surface area contributed by atoms with Gasteiger partial charge in [0.25, 0.3) is 0 Å². The summed E-state index contributed by atoms with van der Waals surface area (Å²) in [7, 11) is -4.58. The van der Waals surface area contributed by atoms with Crippen LogP contribution in [0, 0.1) is 0 Å². The predicted molar refractivity (Wildman–Crippen MR) is 147 cm³/mol. The molecule has 4 N–H and O–H groups in total. The largest absolute Gasteiger partial charge is 0.456 e. The van der Waals surface area contributed by atoms with E-state index in [1.54, 1.807) is 54.6 Å². The zero-order chi connectivity index (χ0) is 28.5. The number of nitrogens with zero attached hydrogens (tertiary/aromatic N) is 1. The Bertz CT molecular complexity index is 1490. The highest BCUT2D eigenvalue weighted by molar-refractivity contribution is 7.88. The Kier molecular flexibility index (Phi) is 9.35. The van der Waals surface area contributed by atoms with Crippen LogP contribution in [0.5, 0.6) is 0 Å². The van der Waals surface area contributed by atoms with Crippen molar-refractivity contribution in [2.75, 3.05) is 6.54 Å². The lowest BCUT2D eigenvalue weighted by Crippen LogP contribution is -2.39. The summed E-state index contributed by atoms with van der Waals surface area (Å²) in [5.74, 6) is -1.15. The number of carbonyl (C=O) groups is 3. The summed E-state index contributed by atoms with van der Waals surface area (Å²) in [4.78, 5) is 37.3. The molecule has 1 aromatic heterocycles. The maximum Gasteiger partial charge on any atom is 0.422 e. The third kappa shape index (κ3) is 7.36. The van der Waals surface area contributed by atoms with Crippen LogP contribution >= 0.6 is 0 Å². The van der Waals surface area contributed by atoms with Crippen LogP contribution in [0.1, 0.15) is 46.4 Å². The monoisotopic (exact) mass is 566 g/mol. The van der Waals surface area contributed by atoms with Crippen molar-refractivity contribution < 1.29 is 32.3 Å². The molecule has 0 aliphatic heterocycles. The van der Waals surface area contributed by atoms with Gasteiger partial charge >= 0.3 is 22.3 Å². The number of esters is 1. The minimum atomic E-state index is -4.58. The molecule has 2 amide bonds. The van der Waals surface area contributed by atoms with E-state index in [9.17, 15) is 22.8 Å². The Labute approximate surface area is 232 Å². The fourth-order valence-corrected chi connectivity index (χ4v) is 5.27. The van der Waals surface area contributed by atoms with Gasteiger partial charge in [-0.15, -0.1) is 0 Å². The van der Waals surface area contributed by atoms with Gasteiger partial charge in [-0.1, -0.05) is 66.7 Å². The molecular formula is C28H30N4O7S. The third-order valence-corrected chi connectivity index (χ3v) is 7.50. The smallest absolute Gasteiger partial charge is 0.422 e. The molecule has 0 radical (unpaired) electrons. The van der Waals surface area contributed by atoms with Crippen molar-refractivity contribution in [3.63, 3.8) is 0 Å². The predicted octanol–water partition coefficient (Wildman–Crippen LogP) is 2.88. The average molecular weight is 567 g/mol. The van der Waals surface area contributed by atoms with E-state index in [4.69, 9.17) is 15.2 Å². The fraction of sp³-hybridized carbons (Fsp3) is 0.250. The molecule has 12 heteroatoms. The van der Waals surface area contributed by atoms with Crippen LogP contribution in [0.3, 0.4) is 0 Å². The van der Waals surface area contributed by atoms with E-state index >= 15 is 0 Å². The van der Waals surface area contributed by atoms with Gasteiger partial charge in [-0.05, 0) is 42.0 Å². The molecule has 0 saturated carbocycles. The zero-order valence-electron chi connectivity index (χ0n) is 21.6. The number of amides is 2. The number of hydrogen-bond acceptors (Lipinski definition) is 8. The van der Waals surface area contributed by atoms with Gasteiger partial charge in [-0.2, -0.15) is 8.42 Å². The first-order valence-electron chi connectivity index (χ1n) is 12.6. The third-order valence-electron chi connectivity index (χ3n) is 6.25. The van der Waals surface area contributed by atoms with Crippen molar-refractivity contribution in [2.45, 2.75) is 38.5 Å². The van der Waals surface area contributed by atoms with E-state index in [1.165, 1.54) is 12.3 Å². The SMILES string of the molecule is NCC(=O)NC1CC=C(c2ccn(S(=O)(=O)NC(=O)OCc3ccccc3)c2C(=O)OCc2ccccc2)CC1. The van der Waals surface area contributed by atoms with Crippen LogP contribution in [-0.4, -0.2) is 42.9 Å². The zero-order valence-corrected chi connectivity index (χ0v) is 22.4. The first kappa shape index (κ1) is 28.6. The maximum atomic E-state index is 13.3. The molecule has 210 valence electrons. The number of aromatic nitrogens is 1. The molecule has 0 fully saturated rings. The lowest BCUT2D eigenvalue weighted by atomic mass is 9.90. The quantitative estimate of drug-likeness (QED) is 0.316. The first-order valence-corrected chi connectivity index (χ1v) is 14.1. The van der Waals surface area contributed by atoms with Crippen molar-refractivity contribution in [1.29, 1.82) is 0 Å². The lowest BCUT2D eigenvalue weighted by molar-refractivity contribution is -0.120. The highest BCUT2D eigenvalue weighted by Crippen LogP contribution is 2.31. The molecule has 1 aliphatic carbocycles. The van der Waals surface area contributed by atoms with E-state index in [0.717, 1.165) is 5.56 Å². The van der Waals surface area contributed by atoms with E-state index < -0.39 is 22.3 Å². The summed E-state index contributed by atoms with van der Waals surface area (Å²) in [6.45, 7) is -0.338. The normalized spacial score (nSPS) is 15.0. The molecule has 0 spiro atoms. The summed E-state index contributed by atoms with van der Waals surface area (Å²) in [6, 6.07) is 19.1. The minimum absolute atomic E-state index is 0.0802. The van der Waals surface area contributed by atoms with Gasteiger partial charge < -0.3 is 20.5 Å². The second-order valence-corrected chi connectivity index (χ2v) is 10.6. The van der Waals surface area contributed by atoms with E-state index in [0.29, 0.717) is 39.9 Å². The highest BCUT2D eigenvalue weighted by Gasteiger charge is 2.30. The molecule has 1 unspecified atom stereocenters. The second-order valence-electron chi connectivity index (χ2n) is 9.08. The Morgan fingerprint density at radius 3 is 2.12 bits per heavy atom. The molecule has 11 nitrogen and oxygen atoms in total. The van der Waals surface area contributed by atoms with Gasteiger partial charge in [0.15, 0.2) is 5.69 Å². The molecule has 0 saturated heterocycles. The van der Waals surface area contributed by atoms with Crippen molar-refractivity contribution in [3.05, 3.63) is 101 Å². The van der Waals surface area contributed by atoms with Gasteiger partial charge in [0.2, 0.25) is 5.91 Å². The van der Waals surface area contributed by atoms with Gasteiger partial charge in [0.05, 0.1) is 6.54 Å². The maximum absolute atomic E-state index is 13.3. The topological polar surface area (TPSA) is 159 Å². The second kappa shape index (κ2) is 13.1. The number of benzene rings is 2. The number of carbonyl (C=O) groups excluding carboxylic acids is 3. The Balaban J connectivity index is 1.57. The standard InChI is InChI=1S/C28H30N4O7S/c29-17-25(33)30-23-13-11-22(12-14-23)24-15-16-32(26(24)27(34)38-18-20-7-3-1-4-8-20)40(36,37)31-28(35)39-19-21-9-5-2-6-10-21/h1-11,15-16,23H,12-14,17-19,29H2,(H,30,33)(H,31,35). The van der Waals surface area contributed by atoms with Crippen LogP contribution in [0.2, 0.25) is 0 Å². The molecule has 2 aromatic carbocycles. The lowest BCUT2D eigenvalue weighted by Gasteiger charge is -2.23. The van der Waals surface area contributed by atoms with E-state index in [1.807, 2.05) is 16.9 Å². The molecule has 3 aromatic rings. The number of hydrogen-bond donors (Lipinski definition) is 3. The number of nitrogens with one attached hydrogen (secondary N) is 2. The summed E-state index contributed by atoms with van der Waals surface area (Å²) < 4.78 is 39.5. The Morgan fingerprint density at radius 1 is 0.925 bits per heavy atom. The first-order chi connectivity index (χ1) is 19.3. The molecule has 0 bridgehead atoms. The number of allylic oxidation sites excluding steroid dienone is 1. The van der Waals surface area contributed by atoms with Crippen LogP contribution in [-0.2, 0) is 37.7 Å². The van der Waals surface area contributed by atoms with Crippen molar-refractivity contribution >= 4 is 33.8 Å². The molecule has 4 rings (SSSR count). The summed E-state index contributed by atoms with van der Waals surface area (Å²) in [5.41, 5.74) is 7.58. The van der Waals surface area contributed by atoms with Crippen molar-refractivity contribution in [1.82, 2.24) is 14.0 Å². The van der Waals surface area contributed by atoms with Crippen LogP contribution in [0.4, 0.5) is 4.79 Å². The molecule has 40 heavy (non-hydrogen) atoms. The van der Waals surface area contributed by atoms with Gasteiger partial charge in [-0.25, -0.2) is 18.3 Å². The molecule has 1 atom stereocenters. The van der Waals surface area contributed by atoms with E-state index in [-0.39, 0.29) is 37.4 Å². The molecular weight excluding hydrogens is 536 g/mol. The Morgan fingerprint density at radius 2 is 1.55 bits per heavy atom. The van der Waals surface area contributed by atoms with Crippen LogP contribution in [0.25, 0.3) is 5.57 Å². The van der Waals surface area contributed by atoms with Crippen molar-refractivity contribution in [2.24, 2.45) is 5.73 Å². The van der Waals surface area contributed by atoms with Gasteiger partial charge in [0, 0.05) is 17.8 Å².